The van der Waals surface area contributed by atoms with Gasteiger partial charge in [0.1, 0.15) is 0 Å². The van der Waals surface area contributed by atoms with Gasteiger partial charge in [-0.05, 0) is 96.9 Å². The highest BCUT2D eigenvalue weighted by Gasteiger charge is 2.34. The topological polar surface area (TPSA) is 140 Å². The van der Waals surface area contributed by atoms with E-state index in [4.69, 9.17) is 5.26 Å². The fourth-order valence-corrected chi connectivity index (χ4v) is 5.03. The Hall–Kier alpha value is -5.25. The van der Waals surface area contributed by atoms with Gasteiger partial charge >= 0.3 is 12.2 Å². The average Bonchev–Trinajstić information content (AvgIpc) is 3.53. The number of aromatic amines is 1. The van der Waals surface area contributed by atoms with Gasteiger partial charge in [-0.15, -0.1) is 5.10 Å². The van der Waals surface area contributed by atoms with E-state index in [1.807, 2.05) is 12.2 Å². The van der Waals surface area contributed by atoms with E-state index in [1.165, 1.54) is 28.5 Å². The number of halogens is 3. The first-order chi connectivity index (χ1) is 20.7. The maximum Gasteiger partial charge on any atom is 0.417 e. The summed E-state index contributed by atoms with van der Waals surface area (Å²) in [5, 5.41) is 27.2. The summed E-state index contributed by atoms with van der Waals surface area (Å²) < 4.78 is 40.6. The Kier molecular flexibility index (Phi) is 8.66. The van der Waals surface area contributed by atoms with E-state index in [0.717, 1.165) is 37.8 Å². The Morgan fingerprint density at radius 1 is 1.00 bits per heavy atom. The summed E-state index contributed by atoms with van der Waals surface area (Å²) in [6, 6.07) is 10.5. The molecule has 0 saturated heterocycles. The van der Waals surface area contributed by atoms with Crippen LogP contribution in [0.2, 0.25) is 0 Å². The quantitative estimate of drug-likeness (QED) is 0.289. The molecule has 5 rings (SSSR count). The Morgan fingerprint density at radius 2 is 1.81 bits per heavy atom. The molecule has 3 aromatic rings. The molecular formula is C30H27F3N8O2. The van der Waals surface area contributed by atoms with Crippen LogP contribution in [0.5, 0.6) is 0 Å². The molecule has 220 valence electrons. The molecule has 0 spiro atoms. The van der Waals surface area contributed by atoms with Crippen LogP contribution in [0.15, 0.2) is 77.5 Å². The number of H-pyrrole nitrogens is 1. The van der Waals surface area contributed by atoms with Crippen LogP contribution in [-0.4, -0.2) is 37.5 Å². The molecule has 1 aromatic heterocycles. The van der Waals surface area contributed by atoms with Gasteiger partial charge in [0.2, 0.25) is 0 Å². The van der Waals surface area contributed by atoms with E-state index in [-0.39, 0.29) is 18.2 Å². The van der Waals surface area contributed by atoms with Crippen molar-refractivity contribution in [3.63, 3.8) is 0 Å². The van der Waals surface area contributed by atoms with Crippen molar-refractivity contribution >= 4 is 23.6 Å². The molecule has 0 bridgehead atoms. The number of alkyl halides is 3. The average molecular weight is 589 g/mol. The summed E-state index contributed by atoms with van der Waals surface area (Å²) in [6.45, 7) is 0.0959. The largest absolute Gasteiger partial charge is 0.417 e. The molecule has 10 nitrogen and oxygen atoms in total. The number of urea groups is 1. The normalized spacial score (nSPS) is 15.0. The fraction of sp³-hybridized carbons (Fsp3) is 0.267. The molecule has 0 fully saturated rings. The molecule has 3 N–H and O–H groups in total. The van der Waals surface area contributed by atoms with Gasteiger partial charge < -0.3 is 5.32 Å². The monoisotopic (exact) mass is 588 g/mol. The highest BCUT2D eigenvalue weighted by atomic mass is 19.4. The Bertz CT molecular complexity index is 1630. The van der Waals surface area contributed by atoms with Gasteiger partial charge in [0, 0.05) is 16.9 Å². The first-order valence-corrected chi connectivity index (χ1v) is 13.6. The van der Waals surface area contributed by atoms with Crippen molar-refractivity contribution in [2.45, 2.75) is 51.2 Å². The van der Waals surface area contributed by atoms with Crippen molar-refractivity contribution in [1.29, 1.82) is 5.26 Å². The molecule has 13 heteroatoms. The second-order valence-electron chi connectivity index (χ2n) is 10.1. The molecule has 2 aromatic carbocycles. The summed E-state index contributed by atoms with van der Waals surface area (Å²) in [5.41, 5.74) is 2.51. The van der Waals surface area contributed by atoms with Gasteiger partial charge in [0.05, 0.1) is 23.7 Å². The first kappa shape index (κ1) is 29.2. The summed E-state index contributed by atoms with van der Waals surface area (Å²) in [7, 11) is 0. The molecule has 3 amide bonds. The van der Waals surface area contributed by atoms with Crippen molar-refractivity contribution < 1.29 is 22.8 Å². The number of carbonyl (C=O) groups is 2. The number of nitriles is 1. The van der Waals surface area contributed by atoms with E-state index in [2.05, 4.69) is 37.3 Å². The molecule has 0 atom stereocenters. The van der Waals surface area contributed by atoms with Crippen molar-refractivity contribution in [3.8, 4) is 6.07 Å². The maximum atomic E-state index is 13.6. The molecular weight excluding hydrogens is 561 g/mol. The molecule has 1 heterocycles. The number of aromatic nitrogens is 4. The number of nitrogens with zero attached hydrogens (tertiary/aromatic N) is 5. The third-order valence-corrected chi connectivity index (χ3v) is 7.25. The summed E-state index contributed by atoms with van der Waals surface area (Å²) >= 11 is 0. The second kappa shape index (κ2) is 12.7. The number of allylic oxidation sites excluding steroid dienone is 6. The Morgan fingerprint density at radius 3 is 2.44 bits per heavy atom. The van der Waals surface area contributed by atoms with E-state index < -0.39 is 29.2 Å². The molecule has 0 saturated carbocycles. The van der Waals surface area contributed by atoms with Crippen molar-refractivity contribution in [1.82, 2.24) is 25.5 Å². The highest BCUT2D eigenvalue weighted by molar-refractivity contribution is 6.03. The third-order valence-electron chi connectivity index (χ3n) is 7.25. The molecule has 43 heavy (non-hydrogen) atoms. The number of amides is 3. The van der Waals surface area contributed by atoms with Crippen LogP contribution >= 0.6 is 0 Å². The van der Waals surface area contributed by atoms with Gasteiger partial charge in [-0.25, -0.2) is 4.79 Å². The minimum atomic E-state index is -4.76. The van der Waals surface area contributed by atoms with E-state index in [1.54, 1.807) is 30.3 Å². The lowest BCUT2D eigenvalue weighted by Crippen LogP contribution is -2.34. The number of benzene rings is 2. The maximum absolute atomic E-state index is 13.6. The lowest BCUT2D eigenvalue weighted by Gasteiger charge is -2.29. The second-order valence-corrected chi connectivity index (χ2v) is 10.1. The van der Waals surface area contributed by atoms with Crippen LogP contribution in [0.4, 0.5) is 29.6 Å². The number of anilines is 2. The standard InChI is InChI=1S/C30H27F3N8O2/c31-30(32,33)26-16-24(13-10-23(26)17-34)35-29(43)41(25-14-11-21(12-15-25)20-4-2-1-3-5-20)18-19-6-8-22(9-7-19)27(42)36-28-37-39-40-38-28/h4,6-11,13-14,16H,1-3,5,12,15,18H2,(H,35,43)(H2,36,37,38,39,40,42). The number of hydrogen-bond donors (Lipinski definition) is 3. The van der Waals surface area contributed by atoms with E-state index >= 15 is 0 Å². The van der Waals surface area contributed by atoms with Crippen molar-refractivity contribution in [3.05, 3.63) is 99.8 Å². The zero-order chi connectivity index (χ0) is 30.4. The van der Waals surface area contributed by atoms with Crippen LogP contribution in [0, 0.1) is 11.3 Å². The van der Waals surface area contributed by atoms with Gasteiger partial charge in [-0.1, -0.05) is 29.4 Å². The zero-order valence-corrected chi connectivity index (χ0v) is 22.9. The Labute approximate surface area is 245 Å². The van der Waals surface area contributed by atoms with E-state index in [9.17, 15) is 22.8 Å². The predicted octanol–water partition coefficient (Wildman–Crippen LogP) is 6.48. The molecule has 2 aliphatic rings. The molecule has 0 unspecified atom stereocenters. The van der Waals surface area contributed by atoms with Crippen LogP contribution in [0.3, 0.4) is 0 Å². The third kappa shape index (κ3) is 7.16. The summed E-state index contributed by atoms with van der Waals surface area (Å²) in [4.78, 5) is 27.5. The fourth-order valence-electron chi connectivity index (χ4n) is 5.03. The lowest BCUT2D eigenvalue weighted by atomic mass is 9.88. The summed E-state index contributed by atoms with van der Waals surface area (Å²) in [6.07, 6.45) is 7.05. The molecule has 0 aliphatic heterocycles. The number of nitrogens with one attached hydrogen (secondary N) is 3. The smallest absolute Gasteiger partial charge is 0.308 e. The molecule has 0 radical (unpaired) electrons. The van der Waals surface area contributed by atoms with Crippen LogP contribution < -0.4 is 10.6 Å². The van der Waals surface area contributed by atoms with Gasteiger partial charge in [0.15, 0.2) is 0 Å². The molecule has 2 aliphatic carbocycles. The minimum absolute atomic E-state index is 0.0223. The van der Waals surface area contributed by atoms with Crippen LogP contribution in [0.1, 0.15) is 65.6 Å². The number of hydrogen-bond acceptors (Lipinski definition) is 6. The number of carbonyl (C=O) groups excluding carboxylic acids is 2. The van der Waals surface area contributed by atoms with Gasteiger partial charge in [0.25, 0.3) is 11.9 Å². The summed E-state index contributed by atoms with van der Waals surface area (Å²) in [5.74, 6) is -0.428. The van der Waals surface area contributed by atoms with Gasteiger partial charge in [-0.3, -0.25) is 15.0 Å². The van der Waals surface area contributed by atoms with Crippen molar-refractivity contribution in [2.75, 3.05) is 10.6 Å². The zero-order valence-electron chi connectivity index (χ0n) is 22.9. The minimum Gasteiger partial charge on any atom is -0.308 e. The van der Waals surface area contributed by atoms with Crippen molar-refractivity contribution in [2.24, 2.45) is 0 Å². The highest BCUT2D eigenvalue weighted by Crippen LogP contribution is 2.35. The first-order valence-electron chi connectivity index (χ1n) is 13.6. The number of tetrazole rings is 1. The van der Waals surface area contributed by atoms with E-state index in [0.29, 0.717) is 23.2 Å². The lowest BCUT2D eigenvalue weighted by molar-refractivity contribution is -0.137. The number of rotatable bonds is 7. The SMILES string of the molecule is N#Cc1ccc(NC(=O)N(Cc2ccc(C(=O)Nc3nn[nH]n3)cc2)C2=CC=C(C3=CCCCC3)CC2)cc1C(F)(F)F. The van der Waals surface area contributed by atoms with Crippen LogP contribution in [-0.2, 0) is 12.7 Å². The van der Waals surface area contributed by atoms with Crippen LogP contribution in [0.25, 0.3) is 0 Å². The Balaban J connectivity index is 1.39. The van der Waals surface area contributed by atoms with Gasteiger partial charge in [-0.2, -0.15) is 23.6 Å². The predicted molar refractivity (Wildman–Crippen MR) is 151 cm³/mol.